The van der Waals surface area contributed by atoms with Crippen molar-refractivity contribution in [1.29, 1.82) is 0 Å². The Morgan fingerprint density at radius 1 is 0.573 bits per heavy atom. The third-order valence-electron chi connectivity index (χ3n) is 14.8. The van der Waals surface area contributed by atoms with Crippen LogP contribution in [-0.2, 0) is 75.3 Å². The Labute approximate surface area is 522 Å². The largest absolute Gasteiger partial charge is 0.508 e. The summed E-state index contributed by atoms with van der Waals surface area (Å²) in [5.41, 5.74) is 22.3. The van der Waals surface area contributed by atoms with E-state index in [9.17, 15) is 44.1 Å². The number of H-pyrrole nitrogens is 1. The van der Waals surface area contributed by atoms with Crippen molar-refractivity contribution in [3.05, 3.63) is 167 Å². The number of rotatable bonds is 18. The zero-order valence-electron chi connectivity index (χ0n) is 48.9. The number of nitrogens with one attached hydrogen (secondary N) is 9. The van der Waals surface area contributed by atoms with Gasteiger partial charge in [-0.1, -0.05) is 125 Å². The number of fused-ring (bicyclic) bond motifs is 1. The maximum atomic E-state index is 15.2. The number of aliphatic carboxylic acids is 1. The molecule has 7 rings (SSSR count). The summed E-state index contributed by atoms with van der Waals surface area (Å²) in [5.74, 6) is -9.19. The van der Waals surface area contributed by atoms with Crippen molar-refractivity contribution in [2.75, 3.05) is 23.8 Å². The molecule has 10 atom stereocenters. The Morgan fingerprint density at radius 2 is 1.06 bits per heavy atom. The number of para-hydroxylation sites is 1. The minimum atomic E-state index is -1.75. The molecule has 0 bridgehead atoms. The van der Waals surface area contributed by atoms with Crippen LogP contribution in [0.1, 0.15) is 54.0 Å². The number of aromatic hydroxyl groups is 1. The van der Waals surface area contributed by atoms with Crippen LogP contribution in [0.3, 0.4) is 0 Å². The highest BCUT2D eigenvalue weighted by Gasteiger charge is 2.37. The molecule has 0 saturated carbocycles. The highest BCUT2D eigenvalue weighted by molar-refractivity contribution is 8.76. The summed E-state index contributed by atoms with van der Waals surface area (Å²) in [6.07, 6.45) is 0.0568. The third-order valence-corrected chi connectivity index (χ3v) is 17.2. The Kier molecular flexibility index (Phi) is 25.4. The zero-order chi connectivity index (χ0) is 64.0. The van der Waals surface area contributed by atoms with E-state index in [0.29, 0.717) is 57.2 Å². The lowest BCUT2D eigenvalue weighted by Gasteiger charge is -2.29. The summed E-state index contributed by atoms with van der Waals surface area (Å²) in [5, 5.41) is 53.7. The fourth-order valence-electron chi connectivity index (χ4n) is 9.84. The average molecular weight is 1260 g/mol. The number of hydrogen-bond donors (Lipinski definition) is 15. The number of carboxylic acid groups (broad SMARTS) is 1. The van der Waals surface area contributed by atoms with E-state index in [-0.39, 0.29) is 62.3 Å². The lowest BCUT2D eigenvalue weighted by molar-refractivity contribution is -0.141. The van der Waals surface area contributed by atoms with E-state index in [2.05, 4.69) is 47.5 Å². The molecule has 6 aromatic rings. The summed E-state index contributed by atoms with van der Waals surface area (Å²) >= 11 is 0. The molecule has 2 heterocycles. The van der Waals surface area contributed by atoms with Crippen molar-refractivity contribution in [3.8, 4) is 5.75 Å². The van der Waals surface area contributed by atoms with Crippen LogP contribution in [0.2, 0.25) is 0 Å². The van der Waals surface area contributed by atoms with Gasteiger partial charge in [-0.3, -0.25) is 38.4 Å². The molecule has 0 spiro atoms. The van der Waals surface area contributed by atoms with Crippen molar-refractivity contribution in [2.45, 2.75) is 119 Å². The number of hydrogen-bond acceptors (Lipinski definition) is 16. The van der Waals surface area contributed by atoms with E-state index in [1.165, 1.54) is 19.1 Å². The first-order valence-corrected chi connectivity index (χ1v) is 31.5. The highest BCUT2D eigenvalue weighted by Crippen LogP contribution is 2.25. The topological polar surface area (TPSA) is 404 Å². The van der Waals surface area contributed by atoms with Gasteiger partial charge >= 0.3 is 5.97 Å². The minimum Gasteiger partial charge on any atom is -0.508 e. The fraction of sp³-hybridized carbons (Fsp3) is 0.349. The van der Waals surface area contributed by atoms with E-state index in [1.807, 2.05) is 18.2 Å². The maximum absolute atomic E-state index is 15.2. The number of anilines is 1. The van der Waals surface area contributed by atoms with E-state index in [0.717, 1.165) is 21.6 Å². The van der Waals surface area contributed by atoms with E-state index in [4.69, 9.17) is 17.2 Å². The van der Waals surface area contributed by atoms with Crippen LogP contribution in [-0.4, -0.2) is 152 Å². The molecule has 26 heteroatoms. The first kappa shape index (κ1) is 67.6. The number of benzene rings is 5. The van der Waals surface area contributed by atoms with Gasteiger partial charge < -0.3 is 80.0 Å². The van der Waals surface area contributed by atoms with Gasteiger partial charge in [-0.2, -0.15) is 0 Å². The van der Waals surface area contributed by atoms with Crippen molar-refractivity contribution in [3.63, 3.8) is 0 Å². The van der Waals surface area contributed by atoms with Gasteiger partial charge in [0.2, 0.25) is 47.3 Å². The van der Waals surface area contributed by atoms with Crippen molar-refractivity contribution in [1.82, 2.24) is 47.5 Å². The predicted molar refractivity (Wildman–Crippen MR) is 339 cm³/mol. The average Bonchev–Trinajstić information content (AvgIpc) is 3.67. The number of aromatic nitrogens is 1. The maximum Gasteiger partial charge on any atom is 0.327 e. The lowest BCUT2D eigenvalue weighted by atomic mass is 10.00. The van der Waals surface area contributed by atoms with Crippen LogP contribution < -0.4 is 59.7 Å². The Balaban J connectivity index is 1.30. The first-order valence-electron chi connectivity index (χ1n) is 29.0. The molecule has 1 aromatic heterocycles. The van der Waals surface area contributed by atoms with Crippen LogP contribution in [0, 0.1) is 0 Å². The molecule has 89 heavy (non-hydrogen) atoms. The molecule has 1 aliphatic heterocycles. The Morgan fingerprint density at radius 3 is 1.63 bits per heavy atom. The van der Waals surface area contributed by atoms with E-state index >= 15 is 14.4 Å². The monoisotopic (exact) mass is 1260 g/mol. The quantitative estimate of drug-likeness (QED) is 0.0326. The number of unbranched alkanes of at least 4 members (excludes halogenated alkanes) is 1. The minimum absolute atomic E-state index is 0.0122. The second kappa shape index (κ2) is 33.4. The van der Waals surface area contributed by atoms with Crippen molar-refractivity contribution in [2.24, 2.45) is 11.5 Å². The van der Waals surface area contributed by atoms with Crippen molar-refractivity contribution >= 4 is 91.4 Å². The number of aliphatic hydroxyl groups excluding tert-OH is 1. The molecule has 1 aliphatic rings. The molecule has 8 amide bonds. The number of aromatic amines is 1. The molecular weight excluding hydrogens is 1180 g/mol. The van der Waals surface area contributed by atoms with Crippen LogP contribution in [0.5, 0.6) is 5.75 Å². The number of nitrogen functional groups attached to an aromatic ring is 1. The Hall–Kier alpha value is -8.95. The number of aliphatic hydroxyl groups is 1. The zero-order valence-corrected chi connectivity index (χ0v) is 50.5. The third kappa shape index (κ3) is 20.6. The van der Waals surface area contributed by atoms with Gasteiger partial charge in [-0.05, 0) is 97.3 Å². The highest BCUT2D eigenvalue weighted by atomic mass is 33.1. The number of amides is 8. The van der Waals surface area contributed by atoms with Gasteiger partial charge in [0.25, 0.3) is 0 Å². The number of phenolic OH excluding ortho intramolecular Hbond substituents is 1. The number of nitrogens with two attached hydrogens (primary N) is 3. The molecule has 18 N–H and O–H groups in total. The molecule has 1 saturated heterocycles. The number of carbonyl (C=O) groups excluding carboxylic acids is 8. The van der Waals surface area contributed by atoms with E-state index < -0.39 is 114 Å². The standard InChI is InChI=1S/C63H76N12O12S2/c1-36(76)54-62(85)72-50(30-38-14-6-3-7-15-38)59(82)74-53(63(86)87)35-89-88-34-52(73-55(78)45(66)28-39-21-25-43(77)26-22-39)61(84)70-48(29-37-12-4-2-5-13-37)57(80)69-49(31-40-19-23-42(65)24-20-40)58(81)71-51(32-41-33-67-46-17-9-8-16-44(41)46)60(83)68-47(56(79)75-54)18-10-11-27-64/h2-9,12-17,19-26,33,36,45,47-54,67,76-77H,10-11,18,27-32,34-35,64-66H2,1H3,(H,68,83)(H,69,80)(H,70,84)(H,71,81)(H,72,85)(H,73,78)(H,74,82)(H,75,79)(H,86,87)/t36-,45+,47+,48+,49+,50+,51-,52+,53+,54-/m1/s1. The SMILES string of the molecule is C[C@@H](O)[C@H]1NC(=O)[C@H](CCCCN)NC(=O)[C@@H](Cc2c[nH]c3ccccc23)NC(=O)[C@H](Cc2ccc(N)cc2)NC(=O)[C@H](Cc2ccccc2)NC(=O)[C@@H](NC(=O)[C@@H](N)Cc2ccc(O)cc2)CSSC[C@@H](C(=O)O)NC(=O)[C@H](Cc2ccccc2)NC1=O. The van der Waals surface area contributed by atoms with Gasteiger partial charge in [-0.25, -0.2) is 4.79 Å². The smallest absolute Gasteiger partial charge is 0.327 e. The molecular formula is C63H76N12O12S2. The summed E-state index contributed by atoms with van der Waals surface area (Å²) in [6, 6.07) is 23.5. The second-order valence-corrected chi connectivity index (χ2v) is 24.3. The van der Waals surface area contributed by atoms with Gasteiger partial charge in [0.15, 0.2) is 0 Å². The van der Waals surface area contributed by atoms with Gasteiger partial charge in [0, 0.05) is 60.0 Å². The van der Waals surface area contributed by atoms with Gasteiger partial charge in [0.1, 0.15) is 54.1 Å². The number of phenols is 1. The molecule has 1 fully saturated rings. The summed E-state index contributed by atoms with van der Waals surface area (Å²) in [7, 11) is 1.87. The summed E-state index contributed by atoms with van der Waals surface area (Å²) in [6.45, 7) is 1.45. The predicted octanol–water partition coefficient (Wildman–Crippen LogP) is 1.16. The molecule has 472 valence electrons. The van der Waals surface area contributed by atoms with Crippen LogP contribution >= 0.6 is 21.6 Å². The first-order chi connectivity index (χ1) is 42.7. The van der Waals surface area contributed by atoms with Gasteiger partial charge in [0.05, 0.1) is 12.1 Å². The molecule has 0 aliphatic carbocycles. The molecule has 0 unspecified atom stereocenters. The lowest BCUT2D eigenvalue weighted by Crippen LogP contribution is -2.62. The summed E-state index contributed by atoms with van der Waals surface area (Å²) in [4.78, 5) is 133. The molecule has 5 aromatic carbocycles. The normalized spacial score (nSPS) is 22.2. The Bertz CT molecular complexity index is 3380. The van der Waals surface area contributed by atoms with E-state index in [1.54, 1.807) is 109 Å². The van der Waals surface area contributed by atoms with Crippen LogP contribution in [0.4, 0.5) is 5.69 Å². The fourth-order valence-corrected chi connectivity index (χ4v) is 12.2. The van der Waals surface area contributed by atoms with Crippen LogP contribution in [0.25, 0.3) is 10.9 Å². The molecule has 24 nitrogen and oxygen atoms in total. The number of carbonyl (C=O) groups is 9. The van der Waals surface area contributed by atoms with Crippen LogP contribution in [0.15, 0.2) is 140 Å². The summed E-state index contributed by atoms with van der Waals surface area (Å²) < 4.78 is 0. The molecule has 0 radical (unpaired) electrons. The van der Waals surface area contributed by atoms with Crippen molar-refractivity contribution < 1.29 is 58.5 Å². The second-order valence-electron chi connectivity index (χ2n) is 21.7. The number of carboxylic acids is 1. The van der Waals surface area contributed by atoms with Gasteiger partial charge in [-0.15, -0.1) is 0 Å².